The molecule has 0 spiro atoms. The largest absolute Gasteiger partial charge is 0.469 e. The Labute approximate surface area is 204 Å². The van der Waals surface area contributed by atoms with Gasteiger partial charge in [-0.3, -0.25) is 24.0 Å². The van der Waals surface area contributed by atoms with Crippen LogP contribution in [-0.4, -0.2) is 68.2 Å². The fourth-order valence-electron chi connectivity index (χ4n) is 7.10. The Hall–Kier alpha value is -2.49. The Morgan fingerprint density at radius 3 is 2.51 bits per heavy atom. The molecule has 10 nitrogen and oxygen atoms in total. The molecule has 0 radical (unpaired) electrons. The molecule has 4 fully saturated rings. The van der Waals surface area contributed by atoms with Gasteiger partial charge in [-0.1, -0.05) is 13.8 Å². The van der Waals surface area contributed by atoms with Gasteiger partial charge in [0, 0.05) is 38.8 Å². The van der Waals surface area contributed by atoms with E-state index in [-0.39, 0.29) is 24.7 Å². The van der Waals surface area contributed by atoms with Gasteiger partial charge in [-0.25, -0.2) is 0 Å². The van der Waals surface area contributed by atoms with E-state index in [1.165, 1.54) is 14.0 Å². The highest BCUT2D eigenvalue weighted by molar-refractivity contribution is 5.94. The minimum Gasteiger partial charge on any atom is -0.469 e. The molecule has 2 saturated heterocycles. The maximum Gasteiger partial charge on any atom is 0.310 e. The third kappa shape index (κ3) is 4.45. The summed E-state index contributed by atoms with van der Waals surface area (Å²) in [7, 11) is 1.29. The van der Waals surface area contributed by atoms with Crippen molar-refractivity contribution in [1.82, 2.24) is 5.32 Å². The van der Waals surface area contributed by atoms with Crippen molar-refractivity contribution in [1.29, 1.82) is 0 Å². The van der Waals surface area contributed by atoms with Crippen molar-refractivity contribution in [2.45, 2.75) is 77.6 Å². The molecule has 0 aromatic rings. The Morgan fingerprint density at radius 2 is 1.89 bits per heavy atom. The second-order valence-electron chi connectivity index (χ2n) is 10.9. The molecule has 4 aliphatic rings. The number of cyclic esters (lactones) is 1. The smallest absolute Gasteiger partial charge is 0.310 e. The Kier molecular flexibility index (Phi) is 6.96. The molecule has 2 heterocycles. The van der Waals surface area contributed by atoms with Gasteiger partial charge >= 0.3 is 17.9 Å². The van der Waals surface area contributed by atoms with Crippen molar-refractivity contribution < 1.29 is 42.9 Å². The minimum absolute atomic E-state index is 0.0363. The standard InChI is InChI=1S/C25H35NO9/c1-13(27)34-17-10-16(22(30)32-4)24(2)8-7-15-23(31)35-18(11-25(15,3)20(24)19(17)28)21(29)26-12-14-6-5-9-33-14/h14-18,20H,5-12H2,1-4H3,(H,26,29)/t14-,15+,16+,17+,18+,20+,24+,25+/m1/s1. The van der Waals surface area contributed by atoms with E-state index < -0.39 is 64.6 Å². The van der Waals surface area contributed by atoms with E-state index in [1.807, 2.05) is 13.8 Å². The van der Waals surface area contributed by atoms with E-state index in [2.05, 4.69) is 5.32 Å². The lowest BCUT2D eigenvalue weighted by atomic mass is 9.43. The van der Waals surface area contributed by atoms with Crippen LogP contribution in [0.25, 0.3) is 0 Å². The predicted molar refractivity (Wildman–Crippen MR) is 120 cm³/mol. The first-order chi connectivity index (χ1) is 16.5. The number of carbonyl (C=O) groups is 5. The summed E-state index contributed by atoms with van der Waals surface area (Å²) in [5, 5.41) is 2.82. The molecule has 10 heteroatoms. The van der Waals surface area contributed by atoms with Gasteiger partial charge in [0.15, 0.2) is 18.0 Å². The summed E-state index contributed by atoms with van der Waals surface area (Å²) in [4.78, 5) is 64.5. The molecule has 0 aromatic heterocycles. The van der Waals surface area contributed by atoms with Gasteiger partial charge in [-0.2, -0.15) is 0 Å². The number of carbonyl (C=O) groups excluding carboxylic acids is 5. The summed E-state index contributed by atoms with van der Waals surface area (Å²) in [6.45, 7) is 5.89. The minimum atomic E-state index is -1.12. The molecular formula is C25H35NO9. The highest BCUT2D eigenvalue weighted by atomic mass is 16.6. The molecule has 2 aliphatic heterocycles. The van der Waals surface area contributed by atoms with Gasteiger partial charge in [0.2, 0.25) is 0 Å². The van der Waals surface area contributed by atoms with E-state index in [0.29, 0.717) is 26.0 Å². The number of fused-ring (bicyclic) bond motifs is 3. The highest BCUT2D eigenvalue weighted by Crippen LogP contribution is 2.64. The zero-order valence-corrected chi connectivity index (χ0v) is 20.8. The summed E-state index contributed by atoms with van der Waals surface area (Å²) < 4.78 is 21.5. The third-order valence-corrected chi connectivity index (χ3v) is 8.72. The Bertz CT molecular complexity index is 913. The second kappa shape index (κ2) is 9.52. The summed E-state index contributed by atoms with van der Waals surface area (Å²) >= 11 is 0. The molecule has 2 saturated carbocycles. The first-order valence-corrected chi connectivity index (χ1v) is 12.4. The van der Waals surface area contributed by atoms with Gasteiger partial charge in [0.1, 0.15) is 0 Å². The molecule has 1 N–H and O–H groups in total. The molecule has 8 atom stereocenters. The second-order valence-corrected chi connectivity index (χ2v) is 10.9. The van der Waals surface area contributed by atoms with Crippen molar-refractivity contribution in [3.05, 3.63) is 0 Å². The number of rotatable bonds is 5. The predicted octanol–water partition coefficient (Wildman–Crippen LogP) is 1.33. The van der Waals surface area contributed by atoms with Crippen LogP contribution < -0.4 is 5.32 Å². The van der Waals surface area contributed by atoms with Gasteiger partial charge in [0.05, 0.1) is 25.0 Å². The first-order valence-electron chi connectivity index (χ1n) is 12.4. The lowest BCUT2D eigenvalue weighted by Crippen LogP contribution is -2.66. The van der Waals surface area contributed by atoms with Gasteiger partial charge < -0.3 is 24.3 Å². The van der Waals surface area contributed by atoms with E-state index in [4.69, 9.17) is 18.9 Å². The molecule has 35 heavy (non-hydrogen) atoms. The Balaban J connectivity index is 1.64. The lowest BCUT2D eigenvalue weighted by Gasteiger charge is -2.60. The molecule has 1 amide bonds. The molecule has 0 aromatic carbocycles. The van der Waals surface area contributed by atoms with Gasteiger partial charge in [-0.15, -0.1) is 0 Å². The van der Waals surface area contributed by atoms with E-state index in [0.717, 1.165) is 12.8 Å². The first kappa shape index (κ1) is 25.6. The summed E-state index contributed by atoms with van der Waals surface area (Å²) in [5.41, 5.74) is -1.78. The highest BCUT2D eigenvalue weighted by Gasteiger charge is 2.68. The van der Waals surface area contributed by atoms with Crippen LogP contribution >= 0.6 is 0 Å². The van der Waals surface area contributed by atoms with Crippen LogP contribution in [0.2, 0.25) is 0 Å². The molecule has 0 bridgehead atoms. The number of esters is 3. The Morgan fingerprint density at radius 1 is 1.14 bits per heavy atom. The number of hydrogen-bond acceptors (Lipinski definition) is 9. The van der Waals surface area contributed by atoms with E-state index in [9.17, 15) is 24.0 Å². The molecule has 2 aliphatic carbocycles. The number of nitrogens with one attached hydrogen (secondary N) is 1. The van der Waals surface area contributed by atoms with E-state index >= 15 is 0 Å². The quantitative estimate of drug-likeness (QED) is 0.444. The summed E-state index contributed by atoms with van der Waals surface area (Å²) in [6.07, 6.45) is 0.567. The van der Waals surface area contributed by atoms with Crippen molar-refractivity contribution >= 4 is 29.6 Å². The number of hydrogen-bond donors (Lipinski definition) is 1. The van der Waals surface area contributed by atoms with Gasteiger partial charge in [-0.05, 0) is 36.5 Å². The fourth-order valence-corrected chi connectivity index (χ4v) is 7.10. The zero-order chi connectivity index (χ0) is 25.5. The van der Waals surface area contributed by atoms with E-state index in [1.54, 1.807) is 0 Å². The van der Waals surface area contributed by atoms with Crippen LogP contribution in [0.15, 0.2) is 0 Å². The molecule has 0 unspecified atom stereocenters. The summed E-state index contributed by atoms with van der Waals surface area (Å²) in [5.74, 6) is -4.46. The summed E-state index contributed by atoms with van der Waals surface area (Å²) in [6, 6.07) is 0. The normalized spacial score (nSPS) is 40.7. The third-order valence-electron chi connectivity index (χ3n) is 8.72. The monoisotopic (exact) mass is 493 g/mol. The molecule has 4 rings (SSSR count). The van der Waals surface area contributed by atoms with Crippen molar-refractivity contribution in [2.75, 3.05) is 20.3 Å². The molecule has 194 valence electrons. The number of Topliss-reactive ketones (excluding diaryl/α,β-unsaturated/α-hetero) is 1. The maximum atomic E-state index is 13.8. The number of ether oxygens (including phenoxy) is 4. The lowest BCUT2D eigenvalue weighted by molar-refractivity contribution is -0.210. The van der Waals surface area contributed by atoms with Crippen LogP contribution in [0.1, 0.15) is 59.3 Å². The van der Waals surface area contributed by atoms with Crippen LogP contribution in [0.4, 0.5) is 0 Å². The average molecular weight is 494 g/mol. The SMILES string of the molecule is COC(=O)[C@@H]1C[C@H](OC(C)=O)C(=O)[C@H]2[C@@]1(C)CC[C@H]1C(=O)O[C@H](C(=O)NC[C@H]3CCCO3)C[C@]21C. The van der Waals surface area contributed by atoms with Crippen molar-refractivity contribution in [3.63, 3.8) is 0 Å². The van der Waals surface area contributed by atoms with Crippen molar-refractivity contribution in [3.8, 4) is 0 Å². The number of methoxy groups -OCH3 is 1. The van der Waals surface area contributed by atoms with Crippen LogP contribution in [0.3, 0.4) is 0 Å². The van der Waals surface area contributed by atoms with Crippen LogP contribution in [0.5, 0.6) is 0 Å². The average Bonchev–Trinajstić information content (AvgIpc) is 3.31. The van der Waals surface area contributed by atoms with Crippen LogP contribution in [0, 0.1) is 28.6 Å². The number of ketones is 1. The number of amides is 1. The maximum absolute atomic E-state index is 13.8. The fraction of sp³-hybridized carbons (Fsp3) is 0.800. The van der Waals surface area contributed by atoms with Gasteiger partial charge in [0.25, 0.3) is 5.91 Å². The van der Waals surface area contributed by atoms with Crippen molar-refractivity contribution in [2.24, 2.45) is 28.6 Å². The topological polar surface area (TPSA) is 134 Å². The zero-order valence-electron chi connectivity index (χ0n) is 20.8. The van der Waals surface area contributed by atoms with Crippen LogP contribution in [-0.2, 0) is 42.9 Å². The molecular weight excluding hydrogens is 458 g/mol.